The number of benzene rings is 1. The number of aliphatic hydroxyl groups excluding tert-OH is 1. The number of rotatable bonds is 6. The first-order chi connectivity index (χ1) is 11.6. The number of methoxy groups -OCH3 is 1. The van der Waals surface area contributed by atoms with Gasteiger partial charge in [0.1, 0.15) is 5.76 Å². The van der Waals surface area contributed by atoms with Crippen molar-refractivity contribution < 1.29 is 19.4 Å². The zero-order chi connectivity index (χ0) is 17.4. The number of ether oxygens (including phenoxy) is 1. The molecule has 0 amide bonds. The molecule has 5 heteroatoms. The van der Waals surface area contributed by atoms with E-state index in [1.54, 1.807) is 0 Å². The smallest absolute Gasteiger partial charge is 0.305 e. The van der Waals surface area contributed by atoms with E-state index in [1.165, 1.54) is 12.7 Å². The zero-order valence-corrected chi connectivity index (χ0v) is 14.0. The highest BCUT2D eigenvalue weighted by molar-refractivity contribution is 6.24. The van der Waals surface area contributed by atoms with Gasteiger partial charge in [0, 0.05) is 25.1 Å². The van der Waals surface area contributed by atoms with E-state index in [4.69, 9.17) is 0 Å². The standard InChI is InChI=1S/C19H23NO4/c1-24-18(23)11-10-17(22)19-15(8-5-9-16(19)21)20-13-12-14-6-3-2-4-7-14/h2-4,6-7,22H,5,8-13H2,1H3. The predicted octanol–water partition coefficient (Wildman–Crippen LogP) is 3.19. The summed E-state index contributed by atoms with van der Waals surface area (Å²) in [5, 5.41) is 10.2. The Balaban J connectivity index is 2.08. The van der Waals surface area contributed by atoms with Gasteiger partial charge >= 0.3 is 5.97 Å². The number of hydrogen-bond acceptors (Lipinski definition) is 5. The molecule has 1 N–H and O–H groups in total. The Morgan fingerprint density at radius 1 is 1.21 bits per heavy atom. The van der Waals surface area contributed by atoms with Crippen LogP contribution in [-0.4, -0.2) is 36.2 Å². The van der Waals surface area contributed by atoms with Crippen LogP contribution in [0.4, 0.5) is 0 Å². The van der Waals surface area contributed by atoms with E-state index in [9.17, 15) is 14.7 Å². The summed E-state index contributed by atoms with van der Waals surface area (Å²) in [4.78, 5) is 27.9. The molecule has 0 aliphatic heterocycles. The molecule has 5 nitrogen and oxygen atoms in total. The molecular weight excluding hydrogens is 306 g/mol. The maximum atomic E-state index is 12.2. The lowest BCUT2D eigenvalue weighted by atomic mass is 9.89. The molecule has 2 rings (SSSR count). The van der Waals surface area contributed by atoms with Gasteiger partial charge in [0.2, 0.25) is 0 Å². The minimum absolute atomic E-state index is 0.0520. The van der Waals surface area contributed by atoms with Crippen LogP contribution in [0.2, 0.25) is 0 Å². The van der Waals surface area contributed by atoms with Gasteiger partial charge in [-0.05, 0) is 24.8 Å². The van der Waals surface area contributed by atoms with Crippen LogP contribution in [0, 0.1) is 0 Å². The fraction of sp³-hybridized carbons (Fsp3) is 0.421. The number of allylic oxidation sites excluding steroid dienone is 2. The fourth-order valence-corrected chi connectivity index (χ4v) is 2.73. The van der Waals surface area contributed by atoms with Gasteiger partial charge in [0.15, 0.2) is 5.78 Å². The zero-order valence-electron chi connectivity index (χ0n) is 14.0. The van der Waals surface area contributed by atoms with Gasteiger partial charge in [0.05, 0.1) is 19.1 Å². The van der Waals surface area contributed by atoms with Crippen LogP contribution >= 0.6 is 0 Å². The second kappa shape index (κ2) is 9.01. The van der Waals surface area contributed by atoms with E-state index in [-0.39, 0.29) is 24.4 Å². The number of esters is 1. The van der Waals surface area contributed by atoms with Gasteiger partial charge in [-0.15, -0.1) is 0 Å². The molecule has 1 aliphatic carbocycles. The largest absolute Gasteiger partial charge is 0.511 e. The quantitative estimate of drug-likeness (QED) is 0.494. The lowest BCUT2D eigenvalue weighted by Gasteiger charge is -2.18. The second-order valence-corrected chi connectivity index (χ2v) is 5.74. The lowest BCUT2D eigenvalue weighted by Crippen LogP contribution is -2.22. The number of aliphatic imine (C=N–C) groups is 1. The highest BCUT2D eigenvalue weighted by Gasteiger charge is 2.25. The Kier molecular flexibility index (Phi) is 6.73. The van der Waals surface area contributed by atoms with Crippen molar-refractivity contribution in [1.82, 2.24) is 0 Å². The molecule has 0 unspecified atom stereocenters. The first kappa shape index (κ1) is 17.9. The molecule has 0 radical (unpaired) electrons. The highest BCUT2D eigenvalue weighted by atomic mass is 16.5. The maximum absolute atomic E-state index is 12.2. The molecule has 1 fully saturated rings. The minimum Gasteiger partial charge on any atom is -0.511 e. The van der Waals surface area contributed by atoms with Crippen molar-refractivity contribution in [3.63, 3.8) is 0 Å². The third-order valence-corrected chi connectivity index (χ3v) is 4.01. The summed E-state index contributed by atoms with van der Waals surface area (Å²) in [7, 11) is 1.30. The molecule has 0 heterocycles. The Hall–Kier alpha value is -2.43. The minimum atomic E-state index is -0.409. The molecule has 0 bridgehead atoms. The Morgan fingerprint density at radius 3 is 2.67 bits per heavy atom. The van der Waals surface area contributed by atoms with Crippen LogP contribution in [-0.2, 0) is 20.7 Å². The van der Waals surface area contributed by atoms with Crippen LogP contribution < -0.4 is 0 Å². The molecule has 24 heavy (non-hydrogen) atoms. The second-order valence-electron chi connectivity index (χ2n) is 5.74. The Morgan fingerprint density at radius 2 is 1.96 bits per heavy atom. The average Bonchev–Trinajstić information content (AvgIpc) is 2.60. The monoisotopic (exact) mass is 329 g/mol. The van der Waals surface area contributed by atoms with E-state index < -0.39 is 5.97 Å². The Bertz CT molecular complexity index is 647. The van der Waals surface area contributed by atoms with Crippen molar-refractivity contribution in [3.05, 3.63) is 47.2 Å². The summed E-state index contributed by atoms with van der Waals surface area (Å²) >= 11 is 0. The number of nitrogens with zero attached hydrogens (tertiary/aromatic N) is 1. The van der Waals surface area contributed by atoms with E-state index in [1.807, 2.05) is 30.3 Å². The molecule has 1 aromatic rings. The van der Waals surface area contributed by atoms with Crippen molar-refractivity contribution in [2.24, 2.45) is 4.99 Å². The first-order valence-electron chi connectivity index (χ1n) is 8.21. The molecular formula is C19H23NO4. The summed E-state index contributed by atoms with van der Waals surface area (Å²) in [6.45, 7) is 0.570. The number of hydrogen-bond donors (Lipinski definition) is 1. The molecule has 1 saturated carbocycles. The number of Topliss-reactive ketones (excluding diaryl/α,β-unsaturated/α-hetero) is 1. The Labute approximate surface area is 142 Å². The van der Waals surface area contributed by atoms with E-state index in [2.05, 4.69) is 9.73 Å². The van der Waals surface area contributed by atoms with Crippen molar-refractivity contribution in [1.29, 1.82) is 0 Å². The van der Waals surface area contributed by atoms with Crippen LogP contribution in [0.1, 0.15) is 37.7 Å². The summed E-state index contributed by atoms with van der Waals surface area (Å²) in [5.74, 6) is -0.557. The van der Waals surface area contributed by atoms with Gasteiger partial charge in [-0.3, -0.25) is 14.6 Å². The van der Waals surface area contributed by atoms with Crippen molar-refractivity contribution in [2.75, 3.05) is 13.7 Å². The van der Waals surface area contributed by atoms with Crippen molar-refractivity contribution in [2.45, 2.75) is 38.5 Å². The molecule has 0 saturated heterocycles. The van der Waals surface area contributed by atoms with E-state index in [0.717, 1.165) is 12.8 Å². The average molecular weight is 329 g/mol. The van der Waals surface area contributed by atoms with Crippen LogP contribution in [0.3, 0.4) is 0 Å². The van der Waals surface area contributed by atoms with Gasteiger partial charge in [-0.1, -0.05) is 30.3 Å². The first-order valence-corrected chi connectivity index (χ1v) is 8.21. The van der Waals surface area contributed by atoms with Crippen molar-refractivity contribution >= 4 is 17.5 Å². The van der Waals surface area contributed by atoms with E-state index in [0.29, 0.717) is 30.7 Å². The molecule has 128 valence electrons. The van der Waals surface area contributed by atoms with Gasteiger partial charge in [-0.2, -0.15) is 0 Å². The number of aliphatic hydroxyl groups is 1. The summed E-state index contributed by atoms with van der Waals surface area (Å²) < 4.78 is 4.57. The third kappa shape index (κ3) is 5.05. The van der Waals surface area contributed by atoms with Crippen LogP contribution in [0.25, 0.3) is 0 Å². The molecule has 1 aromatic carbocycles. The van der Waals surface area contributed by atoms with E-state index >= 15 is 0 Å². The van der Waals surface area contributed by atoms with Gasteiger partial charge in [0.25, 0.3) is 0 Å². The number of carbonyl (C=O) groups excluding carboxylic acids is 2. The number of ketones is 1. The molecule has 0 atom stereocenters. The topological polar surface area (TPSA) is 76.0 Å². The van der Waals surface area contributed by atoms with Gasteiger partial charge in [-0.25, -0.2) is 0 Å². The fourth-order valence-electron chi connectivity index (χ4n) is 2.73. The predicted molar refractivity (Wildman–Crippen MR) is 92.2 cm³/mol. The summed E-state index contributed by atoms with van der Waals surface area (Å²) in [5.41, 5.74) is 2.15. The van der Waals surface area contributed by atoms with Gasteiger partial charge < -0.3 is 9.84 Å². The van der Waals surface area contributed by atoms with Crippen LogP contribution in [0.15, 0.2) is 46.7 Å². The summed E-state index contributed by atoms with van der Waals surface area (Å²) in [6.07, 6.45) is 2.78. The lowest BCUT2D eigenvalue weighted by molar-refractivity contribution is -0.140. The molecule has 1 aliphatic rings. The third-order valence-electron chi connectivity index (χ3n) is 4.01. The number of carbonyl (C=O) groups is 2. The highest BCUT2D eigenvalue weighted by Crippen LogP contribution is 2.22. The molecule has 0 aromatic heterocycles. The SMILES string of the molecule is COC(=O)CCC(O)=C1C(=O)CCCC1=NCCc1ccccc1. The summed E-state index contributed by atoms with van der Waals surface area (Å²) in [6, 6.07) is 10.0. The normalized spacial score (nSPS) is 18.5. The van der Waals surface area contributed by atoms with Crippen molar-refractivity contribution in [3.8, 4) is 0 Å². The van der Waals surface area contributed by atoms with Crippen LogP contribution in [0.5, 0.6) is 0 Å². The molecule has 0 spiro atoms. The maximum Gasteiger partial charge on any atom is 0.305 e.